The summed E-state index contributed by atoms with van der Waals surface area (Å²) in [5.74, 6) is 0.882. The zero-order valence-corrected chi connectivity index (χ0v) is 10.7. The Bertz CT molecular complexity index is 752. The first-order valence-corrected chi connectivity index (χ1v) is 6.11. The van der Waals surface area contributed by atoms with E-state index < -0.39 is 0 Å². The molecule has 4 nitrogen and oxygen atoms in total. The Morgan fingerprint density at radius 3 is 2.89 bits per heavy atom. The first-order chi connectivity index (χ1) is 8.75. The highest BCUT2D eigenvalue weighted by Crippen LogP contribution is 2.17. The predicted molar refractivity (Wildman–Crippen MR) is 73.0 cm³/mol. The number of benzene rings is 1. The molecule has 2 heterocycles. The van der Waals surface area contributed by atoms with E-state index in [0.717, 1.165) is 22.3 Å². The Kier molecular flexibility index (Phi) is 2.68. The maximum absolute atomic E-state index is 5.22. The number of fused-ring (bicyclic) bond motifs is 1. The second-order valence-electron chi connectivity index (χ2n) is 4.15. The molecule has 0 spiro atoms. The number of pyridine rings is 1. The van der Waals surface area contributed by atoms with E-state index in [0.29, 0.717) is 11.3 Å². The van der Waals surface area contributed by atoms with Gasteiger partial charge in [0, 0.05) is 11.6 Å². The molecule has 5 heteroatoms. The zero-order valence-electron chi connectivity index (χ0n) is 9.92. The van der Waals surface area contributed by atoms with E-state index in [9.17, 15) is 0 Å². The summed E-state index contributed by atoms with van der Waals surface area (Å²) in [6.45, 7) is 2.63. The van der Waals surface area contributed by atoms with Gasteiger partial charge in [-0.15, -0.1) is 0 Å². The summed E-state index contributed by atoms with van der Waals surface area (Å²) in [4.78, 5) is 4.44. The van der Waals surface area contributed by atoms with Crippen LogP contribution in [-0.2, 0) is 6.54 Å². The third-order valence-electron chi connectivity index (χ3n) is 2.99. The van der Waals surface area contributed by atoms with Gasteiger partial charge in [-0.1, -0.05) is 24.3 Å². The first-order valence-electron chi connectivity index (χ1n) is 5.70. The summed E-state index contributed by atoms with van der Waals surface area (Å²) in [5, 5.41) is 8.06. The number of aromatic nitrogens is 4. The van der Waals surface area contributed by atoms with Crippen molar-refractivity contribution < 1.29 is 0 Å². The standard InChI is InChI=1S/C13H12N4S/c1-9-15-16-13(18)17(9)8-11-5-2-4-10-6-3-7-14-12(10)11/h2-7H,8H2,1H3,(H,16,18). The molecular weight excluding hydrogens is 244 g/mol. The van der Waals surface area contributed by atoms with Crippen LogP contribution < -0.4 is 0 Å². The fourth-order valence-electron chi connectivity index (χ4n) is 2.05. The maximum Gasteiger partial charge on any atom is 0.195 e. The molecule has 1 N–H and O–H groups in total. The fourth-order valence-corrected chi connectivity index (χ4v) is 2.29. The lowest BCUT2D eigenvalue weighted by molar-refractivity contribution is 0.754. The van der Waals surface area contributed by atoms with Gasteiger partial charge < -0.3 is 0 Å². The number of aromatic amines is 1. The highest BCUT2D eigenvalue weighted by atomic mass is 32.1. The summed E-state index contributed by atoms with van der Waals surface area (Å²) in [6, 6.07) is 10.2. The minimum absolute atomic E-state index is 0.639. The van der Waals surface area contributed by atoms with Gasteiger partial charge in [-0.05, 0) is 30.8 Å². The summed E-state index contributed by atoms with van der Waals surface area (Å²) in [6.07, 6.45) is 1.81. The molecule has 0 amide bonds. The zero-order chi connectivity index (χ0) is 12.5. The normalized spacial score (nSPS) is 10.9. The van der Waals surface area contributed by atoms with Gasteiger partial charge in [-0.2, -0.15) is 5.10 Å². The molecule has 0 aliphatic rings. The molecule has 0 unspecified atom stereocenters. The smallest absolute Gasteiger partial charge is 0.195 e. The Hall–Kier alpha value is -2.01. The summed E-state index contributed by atoms with van der Waals surface area (Å²) in [5.41, 5.74) is 2.16. The largest absolute Gasteiger partial charge is 0.300 e. The lowest BCUT2D eigenvalue weighted by Gasteiger charge is -2.07. The molecule has 0 radical (unpaired) electrons. The molecule has 3 aromatic rings. The van der Waals surface area contributed by atoms with Gasteiger partial charge in [0.1, 0.15) is 5.82 Å². The van der Waals surface area contributed by atoms with Crippen LogP contribution in [0.5, 0.6) is 0 Å². The SMILES string of the molecule is Cc1n[nH]c(=S)n1Cc1cccc2cccnc12. The average Bonchev–Trinajstić information content (AvgIpc) is 2.71. The monoisotopic (exact) mass is 256 g/mol. The molecule has 0 bridgehead atoms. The van der Waals surface area contributed by atoms with Crippen LogP contribution in [0.25, 0.3) is 10.9 Å². The molecule has 0 fully saturated rings. The molecular formula is C13H12N4S. The Morgan fingerprint density at radius 1 is 1.28 bits per heavy atom. The van der Waals surface area contributed by atoms with Crippen molar-refractivity contribution in [2.75, 3.05) is 0 Å². The van der Waals surface area contributed by atoms with Crippen LogP contribution in [-0.4, -0.2) is 19.7 Å². The molecule has 18 heavy (non-hydrogen) atoms. The van der Waals surface area contributed by atoms with Crippen LogP contribution in [0, 0.1) is 11.7 Å². The Balaban J connectivity index is 2.13. The lowest BCUT2D eigenvalue weighted by Crippen LogP contribution is -2.03. The minimum Gasteiger partial charge on any atom is -0.300 e. The Morgan fingerprint density at radius 2 is 2.11 bits per heavy atom. The van der Waals surface area contributed by atoms with Gasteiger partial charge in [-0.25, -0.2) is 0 Å². The summed E-state index contributed by atoms with van der Waals surface area (Å²) < 4.78 is 2.61. The van der Waals surface area contributed by atoms with Crippen molar-refractivity contribution in [2.45, 2.75) is 13.5 Å². The third-order valence-corrected chi connectivity index (χ3v) is 3.31. The van der Waals surface area contributed by atoms with Crippen LogP contribution in [0.1, 0.15) is 11.4 Å². The number of nitrogens with zero attached hydrogens (tertiary/aromatic N) is 3. The molecule has 0 atom stereocenters. The van der Waals surface area contributed by atoms with Crippen LogP contribution >= 0.6 is 12.2 Å². The first kappa shape index (κ1) is 11.1. The molecule has 0 aliphatic heterocycles. The number of H-pyrrole nitrogens is 1. The number of hydrogen-bond acceptors (Lipinski definition) is 3. The van der Waals surface area contributed by atoms with E-state index in [4.69, 9.17) is 12.2 Å². The van der Waals surface area contributed by atoms with E-state index in [1.165, 1.54) is 0 Å². The van der Waals surface area contributed by atoms with Crippen LogP contribution in [0.2, 0.25) is 0 Å². The minimum atomic E-state index is 0.639. The van der Waals surface area contributed by atoms with Crippen molar-refractivity contribution in [3.8, 4) is 0 Å². The van der Waals surface area contributed by atoms with Crippen molar-refractivity contribution in [1.82, 2.24) is 19.7 Å². The lowest BCUT2D eigenvalue weighted by atomic mass is 10.1. The van der Waals surface area contributed by atoms with E-state index >= 15 is 0 Å². The quantitative estimate of drug-likeness (QED) is 0.717. The fraction of sp³-hybridized carbons (Fsp3) is 0.154. The van der Waals surface area contributed by atoms with E-state index in [1.54, 1.807) is 0 Å². The topological polar surface area (TPSA) is 46.5 Å². The molecule has 2 aromatic heterocycles. The number of hydrogen-bond donors (Lipinski definition) is 1. The molecule has 1 aromatic carbocycles. The maximum atomic E-state index is 5.22. The summed E-state index contributed by atoms with van der Waals surface area (Å²) in [7, 11) is 0. The second kappa shape index (κ2) is 4.34. The van der Waals surface area contributed by atoms with Crippen molar-refractivity contribution in [3.63, 3.8) is 0 Å². The molecule has 0 aliphatic carbocycles. The van der Waals surface area contributed by atoms with Crippen LogP contribution in [0.15, 0.2) is 36.5 Å². The van der Waals surface area contributed by atoms with Gasteiger partial charge in [0.2, 0.25) is 0 Å². The third kappa shape index (κ3) is 1.82. The van der Waals surface area contributed by atoms with Crippen molar-refractivity contribution in [3.05, 3.63) is 52.7 Å². The molecule has 0 saturated heterocycles. The molecule has 0 saturated carbocycles. The highest BCUT2D eigenvalue weighted by Gasteiger charge is 2.06. The van der Waals surface area contributed by atoms with E-state index in [1.807, 2.05) is 29.8 Å². The van der Waals surface area contributed by atoms with Crippen molar-refractivity contribution in [2.24, 2.45) is 0 Å². The van der Waals surface area contributed by atoms with Gasteiger partial charge in [0.15, 0.2) is 4.77 Å². The highest BCUT2D eigenvalue weighted by molar-refractivity contribution is 7.71. The second-order valence-corrected chi connectivity index (χ2v) is 4.54. The van der Waals surface area contributed by atoms with Gasteiger partial charge in [0.25, 0.3) is 0 Å². The number of nitrogens with one attached hydrogen (secondary N) is 1. The van der Waals surface area contributed by atoms with Crippen molar-refractivity contribution in [1.29, 1.82) is 0 Å². The molecule has 3 rings (SSSR count). The summed E-state index contributed by atoms with van der Waals surface area (Å²) >= 11 is 5.22. The van der Waals surface area contributed by atoms with Crippen LogP contribution in [0.4, 0.5) is 0 Å². The number of para-hydroxylation sites is 1. The average molecular weight is 256 g/mol. The van der Waals surface area contributed by atoms with Gasteiger partial charge >= 0.3 is 0 Å². The van der Waals surface area contributed by atoms with Crippen molar-refractivity contribution >= 4 is 23.1 Å². The number of rotatable bonds is 2. The van der Waals surface area contributed by atoms with Gasteiger partial charge in [0.05, 0.1) is 12.1 Å². The number of aryl methyl sites for hydroxylation is 1. The Labute approximate surface area is 109 Å². The van der Waals surface area contributed by atoms with E-state index in [-0.39, 0.29) is 0 Å². The van der Waals surface area contributed by atoms with Gasteiger partial charge in [-0.3, -0.25) is 14.6 Å². The molecule has 90 valence electrons. The van der Waals surface area contributed by atoms with E-state index in [2.05, 4.69) is 33.4 Å². The van der Waals surface area contributed by atoms with Crippen LogP contribution in [0.3, 0.4) is 0 Å². The predicted octanol–water partition coefficient (Wildman–Crippen LogP) is 2.85.